The first-order chi connectivity index (χ1) is 13.9. The van der Waals surface area contributed by atoms with Gasteiger partial charge < -0.3 is 15.4 Å². The number of anilines is 2. The van der Waals surface area contributed by atoms with Crippen LogP contribution in [0.25, 0.3) is 0 Å². The quantitative estimate of drug-likeness (QED) is 0.483. The number of rotatable bonds is 5. The number of carbonyl (C=O) groups excluding carboxylic acids is 2. The largest absolute Gasteiger partial charge is 0.496 e. The van der Waals surface area contributed by atoms with Gasteiger partial charge in [-0.2, -0.15) is 0 Å². The SMILES string of the molecule is COc1c(C)cc(Br)cc1C(=O)Nc1cccc(NC(=O)c2cccc(Cl)c2)c1. The van der Waals surface area contributed by atoms with Crippen molar-refractivity contribution in [1.82, 2.24) is 0 Å². The molecule has 0 bridgehead atoms. The second-order valence-electron chi connectivity index (χ2n) is 6.30. The van der Waals surface area contributed by atoms with Crippen molar-refractivity contribution in [1.29, 1.82) is 0 Å². The Hall–Kier alpha value is -2.83. The molecule has 3 aromatic rings. The average molecular weight is 474 g/mol. The maximum atomic E-state index is 12.8. The molecule has 2 N–H and O–H groups in total. The van der Waals surface area contributed by atoms with E-state index >= 15 is 0 Å². The zero-order valence-electron chi connectivity index (χ0n) is 15.8. The van der Waals surface area contributed by atoms with Crippen LogP contribution in [-0.4, -0.2) is 18.9 Å². The van der Waals surface area contributed by atoms with E-state index < -0.39 is 0 Å². The predicted molar refractivity (Wildman–Crippen MR) is 119 cm³/mol. The third-order valence-electron chi connectivity index (χ3n) is 4.15. The Kier molecular flexibility index (Phi) is 6.56. The van der Waals surface area contributed by atoms with E-state index in [1.807, 2.05) is 13.0 Å². The molecule has 0 spiro atoms. The smallest absolute Gasteiger partial charge is 0.259 e. The van der Waals surface area contributed by atoms with Crippen LogP contribution in [0.4, 0.5) is 11.4 Å². The van der Waals surface area contributed by atoms with Gasteiger partial charge in [0.1, 0.15) is 5.75 Å². The number of amides is 2. The van der Waals surface area contributed by atoms with Crippen molar-refractivity contribution >= 4 is 50.7 Å². The molecule has 7 heteroatoms. The molecule has 0 heterocycles. The molecular formula is C22H18BrClN2O3. The Balaban J connectivity index is 1.78. The topological polar surface area (TPSA) is 67.4 Å². The van der Waals surface area contributed by atoms with E-state index in [1.54, 1.807) is 54.6 Å². The van der Waals surface area contributed by atoms with Gasteiger partial charge in [-0.05, 0) is 61.0 Å². The van der Waals surface area contributed by atoms with Crippen LogP contribution in [0.3, 0.4) is 0 Å². The van der Waals surface area contributed by atoms with Crippen molar-refractivity contribution in [2.24, 2.45) is 0 Å². The predicted octanol–water partition coefficient (Wildman–Crippen LogP) is 5.92. The van der Waals surface area contributed by atoms with E-state index in [9.17, 15) is 9.59 Å². The van der Waals surface area contributed by atoms with E-state index in [2.05, 4.69) is 26.6 Å². The highest BCUT2D eigenvalue weighted by Crippen LogP contribution is 2.29. The summed E-state index contributed by atoms with van der Waals surface area (Å²) in [7, 11) is 1.53. The first-order valence-electron chi connectivity index (χ1n) is 8.70. The molecule has 0 saturated heterocycles. The standard InChI is InChI=1S/C22H18BrClN2O3/c1-13-9-15(23)11-19(20(13)29-2)22(28)26-18-8-4-7-17(12-18)25-21(27)14-5-3-6-16(24)10-14/h3-12H,1-2H3,(H,25,27)(H,26,28). The summed E-state index contributed by atoms with van der Waals surface area (Å²) in [6.07, 6.45) is 0. The monoisotopic (exact) mass is 472 g/mol. The van der Waals surface area contributed by atoms with Crippen LogP contribution in [-0.2, 0) is 0 Å². The minimum Gasteiger partial charge on any atom is -0.496 e. The van der Waals surface area contributed by atoms with Gasteiger partial charge in [0.2, 0.25) is 0 Å². The van der Waals surface area contributed by atoms with Crippen molar-refractivity contribution < 1.29 is 14.3 Å². The minimum absolute atomic E-state index is 0.291. The van der Waals surface area contributed by atoms with Crippen molar-refractivity contribution in [3.63, 3.8) is 0 Å². The Morgan fingerprint density at radius 1 is 0.931 bits per heavy atom. The number of aryl methyl sites for hydroxylation is 1. The molecule has 3 rings (SSSR count). The van der Waals surface area contributed by atoms with Crippen LogP contribution in [0.1, 0.15) is 26.3 Å². The van der Waals surface area contributed by atoms with Gasteiger partial charge in [-0.1, -0.05) is 39.7 Å². The van der Waals surface area contributed by atoms with Crippen molar-refractivity contribution in [3.05, 3.63) is 86.8 Å². The molecular weight excluding hydrogens is 456 g/mol. The van der Waals surface area contributed by atoms with Crippen LogP contribution in [0.2, 0.25) is 5.02 Å². The Labute approximate surface area is 182 Å². The van der Waals surface area contributed by atoms with E-state index in [0.717, 1.165) is 10.0 Å². The molecule has 0 unspecified atom stereocenters. The van der Waals surface area contributed by atoms with Crippen LogP contribution < -0.4 is 15.4 Å². The van der Waals surface area contributed by atoms with Crippen LogP contribution >= 0.6 is 27.5 Å². The lowest BCUT2D eigenvalue weighted by atomic mass is 10.1. The van der Waals surface area contributed by atoms with E-state index in [0.29, 0.717) is 33.3 Å². The average Bonchev–Trinajstić information content (AvgIpc) is 2.67. The molecule has 29 heavy (non-hydrogen) atoms. The summed E-state index contributed by atoms with van der Waals surface area (Å²) in [4.78, 5) is 25.2. The molecule has 0 fully saturated rings. The first-order valence-corrected chi connectivity index (χ1v) is 9.87. The number of halogens is 2. The van der Waals surface area contributed by atoms with Gasteiger partial charge in [0.15, 0.2) is 0 Å². The van der Waals surface area contributed by atoms with E-state index in [-0.39, 0.29) is 11.8 Å². The molecule has 0 aliphatic carbocycles. The maximum absolute atomic E-state index is 12.8. The Morgan fingerprint density at radius 3 is 2.24 bits per heavy atom. The second-order valence-corrected chi connectivity index (χ2v) is 7.66. The number of nitrogens with one attached hydrogen (secondary N) is 2. The van der Waals surface area contributed by atoms with Gasteiger partial charge in [0, 0.05) is 26.4 Å². The van der Waals surface area contributed by atoms with Crippen molar-refractivity contribution in [3.8, 4) is 5.75 Å². The molecule has 148 valence electrons. The summed E-state index contributed by atoms with van der Waals surface area (Å²) < 4.78 is 6.16. The van der Waals surface area contributed by atoms with Gasteiger partial charge in [-0.3, -0.25) is 9.59 Å². The zero-order valence-corrected chi connectivity index (χ0v) is 18.1. The Morgan fingerprint density at radius 2 is 1.59 bits per heavy atom. The van der Waals surface area contributed by atoms with Gasteiger partial charge in [-0.25, -0.2) is 0 Å². The van der Waals surface area contributed by atoms with E-state index in [1.165, 1.54) is 7.11 Å². The molecule has 5 nitrogen and oxygen atoms in total. The third kappa shape index (κ3) is 5.16. The van der Waals surface area contributed by atoms with Crippen molar-refractivity contribution in [2.75, 3.05) is 17.7 Å². The molecule has 3 aromatic carbocycles. The number of benzene rings is 3. The summed E-state index contributed by atoms with van der Waals surface area (Å²) in [5, 5.41) is 6.12. The highest BCUT2D eigenvalue weighted by atomic mass is 79.9. The maximum Gasteiger partial charge on any atom is 0.259 e. The van der Waals surface area contributed by atoms with E-state index in [4.69, 9.17) is 16.3 Å². The normalized spacial score (nSPS) is 10.3. The molecule has 0 saturated carbocycles. The fourth-order valence-electron chi connectivity index (χ4n) is 2.88. The summed E-state index contributed by atoms with van der Waals surface area (Å²) in [6, 6.07) is 17.1. The fraction of sp³-hybridized carbons (Fsp3) is 0.0909. The van der Waals surface area contributed by atoms with Gasteiger partial charge >= 0.3 is 0 Å². The highest BCUT2D eigenvalue weighted by molar-refractivity contribution is 9.10. The number of hydrogen-bond donors (Lipinski definition) is 2. The lowest BCUT2D eigenvalue weighted by Gasteiger charge is -2.13. The first kappa shape index (κ1) is 20.9. The summed E-state index contributed by atoms with van der Waals surface area (Å²) >= 11 is 9.34. The molecule has 2 amide bonds. The molecule has 0 aliphatic rings. The highest BCUT2D eigenvalue weighted by Gasteiger charge is 2.16. The summed E-state index contributed by atoms with van der Waals surface area (Å²) in [5.74, 6) is -0.0964. The second kappa shape index (κ2) is 9.11. The molecule has 0 atom stereocenters. The number of hydrogen-bond acceptors (Lipinski definition) is 3. The third-order valence-corrected chi connectivity index (χ3v) is 4.85. The summed E-state index contributed by atoms with van der Waals surface area (Å²) in [6.45, 7) is 1.87. The van der Waals surface area contributed by atoms with Crippen LogP contribution in [0.15, 0.2) is 65.1 Å². The van der Waals surface area contributed by atoms with Crippen LogP contribution in [0.5, 0.6) is 5.75 Å². The lowest BCUT2D eigenvalue weighted by molar-refractivity contribution is 0.101. The molecule has 0 aromatic heterocycles. The minimum atomic E-state index is -0.315. The molecule has 0 aliphatic heterocycles. The molecule has 0 radical (unpaired) electrons. The van der Waals surface area contributed by atoms with Crippen molar-refractivity contribution in [2.45, 2.75) is 6.92 Å². The number of carbonyl (C=O) groups is 2. The van der Waals surface area contributed by atoms with Gasteiger partial charge in [0.05, 0.1) is 12.7 Å². The zero-order chi connectivity index (χ0) is 21.0. The van der Waals surface area contributed by atoms with Gasteiger partial charge in [-0.15, -0.1) is 0 Å². The Bertz CT molecular complexity index is 1090. The fourth-order valence-corrected chi connectivity index (χ4v) is 3.64. The summed E-state index contributed by atoms with van der Waals surface area (Å²) in [5.41, 5.74) is 2.78. The number of methoxy groups -OCH3 is 1. The van der Waals surface area contributed by atoms with Gasteiger partial charge in [0.25, 0.3) is 11.8 Å². The van der Waals surface area contributed by atoms with Crippen LogP contribution in [0, 0.1) is 6.92 Å². The number of ether oxygens (including phenoxy) is 1. The lowest BCUT2D eigenvalue weighted by Crippen LogP contribution is -2.15.